The molecule has 0 saturated carbocycles. The van der Waals surface area contributed by atoms with Gasteiger partial charge in [-0.3, -0.25) is 0 Å². The molecule has 0 spiro atoms. The Morgan fingerprint density at radius 1 is 1.30 bits per heavy atom. The van der Waals surface area contributed by atoms with Crippen LogP contribution in [-0.4, -0.2) is 12.2 Å². The van der Waals surface area contributed by atoms with Crippen LogP contribution in [0.1, 0.15) is 46.0 Å². The highest BCUT2D eigenvalue weighted by atomic mass is 16.5. The molecule has 0 radical (unpaired) electrons. The highest BCUT2D eigenvalue weighted by molar-refractivity contribution is 4.74. The Morgan fingerprint density at radius 3 is 2.80 bits per heavy atom. The fourth-order valence-corrected chi connectivity index (χ4v) is 1.45. The molecule has 1 aliphatic rings. The molecular weight excluding hydrogens is 124 g/mol. The van der Waals surface area contributed by atoms with Gasteiger partial charge in [-0.15, -0.1) is 0 Å². The summed E-state index contributed by atoms with van der Waals surface area (Å²) in [5, 5.41) is 0. The zero-order chi connectivity index (χ0) is 7.45. The smallest absolute Gasteiger partial charge is 0.0651 e. The highest BCUT2D eigenvalue weighted by Gasteiger charge is 2.23. The van der Waals surface area contributed by atoms with Gasteiger partial charge in [0.1, 0.15) is 0 Å². The van der Waals surface area contributed by atoms with Gasteiger partial charge in [0, 0.05) is 6.61 Å². The average molecular weight is 142 g/mol. The van der Waals surface area contributed by atoms with Crippen LogP contribution in [0.2, 0.25) is 0 Å². The molecule has 0 aromatic carbocycles. The minimum atomic E-state index is 0.205. The molecule has 60 valence electrons. The zero-order valence-corrected chi connectivity index (χ0v) is 7.15. The van der Waals surface area contributed by atoms with E-state index in [-0.39, 0.29) is 5.60 Å². The molecule has 0 aliphatic carbocycles. The quantitative estimate of drug-likeness (QED) is 0.547. The van der Waals surface area contributed by atoms with Gasteiger partial charge in [0.05, 0.1) is 5.60 Å². The maximum atomic E-state index is 5.74. The lowest BCUT2D eigenvalue weighted by atomic mass is 9.97. The Balaban J connectivity index is 2.41. The van der Waals surface area contributed by atoms with Crippen molar-refractivity contribution in [3.63, 3.8) is 0 Å². The predicted octanol–water partition coefficient (Wildman–Crippen LogP) is 2.75. The van der Waals surface area contributed by atoms with E-state index < -0.39 is 0 Å². The summed E-state index contributed by atoms with van der Waals surface area (Å²) in [5.41, 5.74) is 0.205. The van der Waals surface area contributed by atoms with Crippen molar-refractivity contribution in [3.8, 4) is 0 Å². The molecule has 1 saturated heterocycles. The summed E-state index contributed by atoms with van der Waals surface area (Å²) < 4.78 is 5.74. The number of hydrogen-bond acceptors (Lipinski definition) is 1. The predicted molar refractivity (Wildman–Crippen MR) is 43.1 cm³/mol. The molecule has 0 amide bonds. The lowest BCUT2D eigenvalue weighted by molar-refractivity contribution is -0.0306. The van der Waals surface area contributed by atoms with Crippen LogP contribution < -0.4 is 0 Å². The number of hydrogen-bond donors (Lipinski definition) is 0. The van der Waals surface area contributed by atoms with E-state index in [1.807, 2.05) is 0 Å². The van der Waals surface area contributed by atoms with Crippen molar-refractivity contribution >= 4 is 0 Å². The van der Waals surface area contributed by atoms with Crippen LogP contribution in [0.4, 0.5) is 0 Å². The molecule has 0 N–H and O–H groups in total. The molecule has 1 heterocycles. The van der Waals surface area contributed by atoms with Crippen LogP contribution in [0.25, 0.3) is 0 Å². The van der Waals surface area contributed by atoms with E-state index in [0.717, 1.165) is 13.0 Å². The van der Waals surface area contributed by atoms with Crippen LogP contribution in [0, 0.1) is 0 Å². The van der Waals surface area contributed by atoms with Crippen molar-refractivity contribution in [2.24, 2.45) is 0 Å². The first-order chi connectivity index (χ1) is 4.77. The number of ether oxygens (including phenoxy) is 1. The fourth-order valence-electron chi connectivity index (χ4n) is 1.45. The van der Waals surface area contributed by atoms with E-state index in [0.29, 0.717) is 0 Å². The van der Waals surface area contributed by atoms with Crippen molar-refractivity contribution in [3.05, 3.63) is 0 Å². The summed E-state index contributed by atoms with van der Waals surface area (Å²) >= 11 is 0. The average Bonchev–Trinajstić information content (AvgIpc) is 2.15. The third-order valence-electron chi connectivity index (χ3n) is 2.55. The van der Waals surface area contributed by atoms with Gasteiger partial charge in [0.2, 0.25) is 0 Å². The Hall–Kier alpha value is -0.0400. The maximum absolute atomic E-state index is 5.74. The largest absolute Gasteiger partial charge is 0.375 e. The van der Waals surface area contributed by atoms with E-state index in [1.54, 1.807) is 0 Å². The minimum absolute atomic E-state index is 0.205. The number of rotatable bonds is 1. The van der Waals surface area contributed by atoms with Gasteiger partial charge in [-0.05, 0) is 26.2 Å². The zero-order valence-electron chi connectivity index (χ0n) is 7.15. The molecule has 1 atom stereocenters. The maximum Gasteiger partial charge on any atom is 0.0651 e. The van der Waals surface area contributed by atoms with Gasteiger partial charge >= 0.3 is 0 Å². The molecule has 0 bridgehead atoms. The monoisotopic (exact) mass is 142 g/mol. The van der Waals surface area contributed by atoms with E-state index in [1.165, 1.54) is 25.7 Å². The summed E-state index contributed by atoms with van der Waals surface area (Å²) in [4.78, 5) is 0. The summed E-state index contributed by atoms with van der Waals surface area (Å²) in [6.07, 6.45) is 6.38. The first-order valence-electron chi connectivity index (χ1n) is 4.41. The van der Waals surface area contributed by atoms with Crippen molar-refractivity contribution in [1.82, 2.24) is 0 Å². The van der Waals surface area contributed by atoms with Gasteiger partial charge in [-0.25, -0.2) is 0 Å². The molecule has 0 aromatic heterocycles. The molecular formula is C9H18O. The molecule has 1 unspecified atom stereocenters. The summed E-state index contributed by atoms with van der Waals surface area (Å²) in [5.74, 6) is 0. The second kappa shape index (κ2) is 3.38. The molecule has 1 heteroatoms. The first kappa shape index (κ1) is 8.06. The third-order valence-corrected chi connectivity index (χ3v) is 2.55. The lowest BCUT2D eigenvalue weighted by Gasteiger charge is -2.26. The standard InChI is InChI=1S/C9H18O/c1-3-9(2)7-5-4-6-8-10-9/h3-8H2,1-2H3. The third kappa shape index (κ3) is 1.98. The molecule has 1 rings (SSSR count). The van der Waals surface area contributed by atoms with Crippen molar-refractivity contribution < 1.29 is 4.74 Å². The van der Waals surface area contributed by atoms with E-state index in [4.69, 9.17) is 4.74 Å². The molecule has 0 aromatic rings. The van der Waals surface area contributed by atoms with Gasteiger partial charge in [0.15, 0.2) is 0 Å². The summed E-state index contributed by atoms with van der Waals surface area (Å²) in [7, 11) is 0. The summed E-state index contributed by atoms with van der Waals surface area (Å²) in [6, 6.07) is 0. The minimum Gasteiger partial charge on any atom is -0.375 e. The van der Waals surface area contributed by atoms with Crippen LogP contribution in [0.5, 0.6) is 0 Å². The Kier molecular flexibility index (Phi) is 2.72. The Labute approximate surface area is 63.8 Å². The summed E-state index contributed by atoms with van der Waals surface area (Å²) in [6.45, 7) is 5.42. The Bertz CT molecular complexity index is 90.9. The van der Waals surface area contributed by atoms with Crippen molar-refractivity contribution in [2.75, 3.05) is 6.61 Å². The normalized spacial score (nSPS) is 35.4. The van der Waals surface area contributed by atoms with Gasteiger partial charge < -0.3 is 4.74 Å². The molecule has 1 aliphatic heterocycles. The topological polar surface area (TPSA) is 9.23 Å². The molecule has 10 heavy (non-hydrogen) atoms. The fraction of sp³-hybridized carbons (Fsp3) is 1.00. The van der Waals surface area contributed by atoms with E-state index in [9.17, 15) is 0 Å². The first-order valence-corrected chi connectivity index (χ1v) is 4.41. The van der Waals surface area contributed by atoms with Crippen LogP contribution in [-0.2, 0) is 4.74 Å². The molecule has 1 fully saturated rings. The van der Waals surface area contributed by atoms with Crippen molar-refractivity contribution in [2.45, 2.75) is 51.6 Å². The van der Waals surface area contributed by atoms with Gasteiger partial charge in [-0.2, -0.15) is 0 Å². The molecule has 1 nitrogen and oxygen atoms in total. The van der Waals surface area contributed by atoms with Gasteiger partial charge in [0.25, 0.3) is 0 Å². The SMILES string of the molecule is CCC1(C)CCCCCO1. The lowest BCUT2D eigenvalue weighted by Crippen LogP contribution is -2.26. The second-order valence-corrected chi connectivity index (χ2v) is 3.46. The van der Waals surface area contributed by atoms with Crippen LogP contribution in [0.15, 0.2) is 0 Å². The van der Waals surface area contributed by atoms with Crippen LogP contribution >= 0.6 is 0 Å². The van der Waals surface area contributed by atoms with Crippen molar-refractivity contribution in [1.29, 1.82) is 0 Å². The van der Waals surface area contributed by atoms with Gasteiger partial charge in [-0.1, -0.05) is 19.8 Å². The second-order valence-electron chi connectivity index (χ2n) is 3.46. The highest BCUT2D eigenvalue weighted by Crippen LogP contribution is 2.26. The van der Waals surface area contributed by atoms with E-state index >= 15 is 0 Å². The van der Waals surface area contributed by atoms with Crippen LogP contribution in [0.3, 0.4) is 0 Å². The van der Waals surface area contributed by atoms with E-state index in [2.05, 4.69) is 13.8 Å². The Morgan fingerprint density at radius 2 is 2.10 bits per heavy atom.